The molecule has 3 aromatic heterocycles. The Bertz CT molecular complexity index is 949. The standard InChI is InChI=1S/C20H22N6O3/c1-28-12-7-20(19-24-17(29-25-19)15-3-8-21-9-4-15)6-2-11-26(13-20)18(27)16-5-10-22-14-23-16/h3-5,8-10,14H,2,6-7,11-13H2,1H3. The topological polar surface area (TPSA) is 107 Å². The molecule has 4 rings (SSSR count). The van der Waals surface area contributed by atoms with Crippen molar-refractivity contribution in [3.8, 4) is 11.5 Å². The van der Waals surface area contributed by atoms with Crippen molar-refractivity contribution in [2.45, 2.75) is 24.7 Å². The maximum atomic E-state index is 13.0. The zero-order valence-electron chi connectivity index (χ0n) is 16.2. The van der Waals surface area contributed by atoms with Crippen LogP contribution in [0.15, 0.2) is 47.6 Å². The summed E-state index contributed by atoms with van der Waals surface area (Å²) in [6.07, 6.45) is 8.69. The Hall–Kier alpha value is -3.20. The number of aromatic nitrogens is 5. The maximum Gasteiger partial charge on any atom is 0.272 e. The van der Waals surface area contributed by atoms with Crippen molar-refractivity contribution in [2.75, 3.05) is 26.8 Å². The quantitative estimate of drug-likeness (QED) is 0.626. The second-order valence-electron chi connectivity index (χ2n) is 7.11. The van der Waals surface area contributed by atoms with E-state index in [2.05, 4.69) is 25.1 Å². The fraction of sp³-hybridized carbons (Fsp3) is 0.400. The summed E-state index contributed by atoms with van der Waals surface area (Å²) in [6, 6.07) is 5.28. The van der Waals surface area contributed by atoms with Gasteiger partial charge < -0.3 is 14.2 Å². The Morgan fingerprint density at radius 3 is 2.83 bits per heavy atom. The molecule has 1 aliphatic heterocycles. The lowest BCUT2D eigenvalue weighted by Gasteiger charge is -2.40. The first-order valence-electron chi connectivity index (χ1n) is 9.51. The fourth-order valence-electron chi connectivity index (χ4n) is 3.73. The molecule has 0 bridgehead atoms. The van der Waals surface area contributed by atoms with Crippen LogP contribution in [0, 0.1) is 0 Å². The van der Waals surface area contributed by atoms with Crippen LogP contribution in [0.4, 0.5) is 0 Å². The molecule has 1 amide bonds. The van der Waals surface area contributed by atoms with Gasteiger partial charge in [-0.05, 0) is 37.5 Å². The molecule has 1 aliphatic rings. The Morgan fingerprint density at radius 2 is 2.07 bits per heavy atom. The lowest BCUT2D eigenvalue weighted by molar-refractivity contribution is 0.0561. The molecule has 0 aromatic carbocycles. The molecule has 0 spiro atoms. The van der Waals surface area contributed by atoms with Gasteiger partial charge in [0.25, 0.3) is 11.8 Å². The molecule has 1 fully saturated rings. The van der Waals surface area contributed by atoms with Crippen molar-refractivity contribution in [3.05, 3.63) is 54.6 Å². The minimum Gasteiger partial charge on any atom is -0.385 e. The van der Waals surface area contributed by atoms with Crippen LogP contribution in [-0.2, 0) is 10.2 Å². The van der Waals surface area contributed by atoms with E-state index in [4.69, 9.17) is 9.26 Å². The second-order valence-corrected chi connectivity index (χ2v) is 7.11. The van der Waals surface area contributed by atoms with Crippen LogP contribution in [0.5, 0.6) is 0 Å². The first-order valence-corrected chi connectivity index (χ1v) is 9.51. The summed E-state index contributed by atoms with van der Waals surface area (Å²) >= 11 is 0. The predicted octanol–water partition coefficient (Wildman–Crippen LogP) is 2.13. The van der Waals surface area contributed by atoms with Crippen molar-refractivity contribution in [3.63, 3.8) is 0 Å². The van der Waals surface area contributed by atoms with Gasteiger partial charge in [-0.1, -0.05) is 5.16 Å². The Morgan fingerprint density at radius 1 is 1.24 bits per heavy atom. The van der Waals surface area contributed by atoms with Gasteiger partial charge in [0.15, 0.2) is 5.82 Å². The van der Waals surface area contributed by atoms with Gasteiger partial charge in [0, 0.05) is 51.0 Å². The molecule has 4 heterocycles. The Balaban J connectivity index is 1.63. The summed E-state index contributed by atoms with van der Waals surface area (Å²) in [7, 11) is 1.67. The van der Waals surface area contributed by atoms with Crippen LogP contribution in [-0.4, -0.2) is 62.7 Å². The molecule has 0 aliphatic carbocycles. The molecule has 1 unspecified atom stereocenters. The van der Waals surface area contributed by atoms with E-state index in [1.54, 1.807) is 31.8 Å². The van der Waals surface area contributed by atoms with Crippen LogP contribution < -0.4 is 0 Å². The van der Waals surface area contributed by atoms with Crippen molar-refractivity contribution < 1.29 is 14.1 Å². The molecule has 0 saturated carbocycles. The van der Waals surface area contributed by atoms with Crippen molar-refractivity contribution >= 4 is 5.91 Å². The Labute approximate surface area is 168 Å². The SMILES string of the molecule is COCCC1(c2noc(-c3ccncc3)n2)CCCN(C(=O)c2ccncn2)C1. The number of rotatable bonds is 6. The van der Waals surface area contributed by atoms with E-state index < -0.39 is 5.41 Å². The zero-order chi connectivity index (χ0) is 20.1. The predicted molar refractivity (Wildman–Crippen MR) is 103 cm³/mol. The average Bonchev–Trinajstić information content (AvgIpc) is 3.30. The normalized spacial score (nSPS) is 19.3. The van der Waals surface area contributed by atoms with Gasteiger partial charge in [0.2, 0.25) is 0 Å². The molecular weight excluding hydrogens is 372 g/mol. The first kappa shape index (κ1) is 19.1. The number of hydrogen-bond acceptors (Lipinski definition) is 8. The number of methoxy groups -OCH3 is 1. The van der Waals surface area contributed by atoms with E-state index >= 15 is 0 Å². The highest BCUT2D eigenvalue weighted by molar-refractivity contribution is 5.92. The second kappa shape index (κ2) is 8.44. The molecule has 0 N–H and O–H groups in total. The summed E-state index contributed by atoms with van der Waals surface area (Å²) in [5.74, 6) is 0.923. The van der Waals surface area contributed by atoms with Gasteiger partial charge in [-0.15, -0.1) is 0 Å². The van der Waals surface area contributed by atoms with E-state index in [0.29, 0.717) is 43.5 Å². The molecule has 150 valence electrons. The van der Waals surface area contributed by atoms with E-state index in [0.717, 1.165) is 18.4 Å². The highest BCUT2D eigenvalue weighted by Gasteiger charge is 2.42. The van der Waals surface area contributed by atoms with Gasteiger partial charge in [0.1, 0.15) is 12.0 Å². The number of carbonyl (C=O) groups excluding carboxylic acids is 1. The summed E-state index contributed by atoms with van der Waals surface area (Å²) in [6.45, 7) is 1.68. The molecule has 1 atom stereocenters. The molecule has 9 nitrogen and oxygen atoms in total. The summed E-state index contributed by atoms with van der Waals surface area (Å²) in [5.41, 5.74) is 0.754. The molecule has 1 saturated heterocycles. The van der Waals surface area contributed by atoms with Crippen LogP contribution in [0.25, 0.3) is 11.5 Å². The third-order valence-electron chi connectivity index (χ3n) is 5.28. The number of carbonyl (C=O) groups is 1. The number of pyridine rings is 1. The largest absolute Gasteiger partial charge is 0.385 e. The molecule has 29 heavy (non-hydrogen) atoms. The van der Waals surface area contributed by atoms with Crippen LogP contribution in [0.1, 0.15) is 35.6 Å². The van der Waals surface area contributed by atoms with Gasteiger partial charge in [-0.25, -0.2) is 9.97 Å². The van der Waals surface area contributed by atoms with Crippen LogP contribution in [0.2, 0.25) is 0 Å². The number of likely N-dealkylation sites (tertiary alicyclic amines) is 1. The van der Waals surface area contributed by atoms with Gasteiger partial charge in [0.05, 0.1) is 5.41 Å². The van der Waals surface area contributed by atoms with Crippen LogP contribution in [0.3, 0.4) is 0 Å². The van der Waals surface area contributed by atoms with E-state index in [1.807, 2.05) is 17.0 Å². The number of piperidine rings is 1. The van der Waals surface area contributed by atoms with Crippen molar-refractivity contribution in [1.82, 2.24) is 30.0 Å². The lowest BCUT2D eigenvalue weighted by Crippen LogP contribution is -2.49. The molecule has 3 aromatic rings. The highest BCUT2D eigenvalue weighted by Crippen LogP contribution is 2.37. The molecule has 9 heteroatoms. The highest BCUT2D eigenvalue weighted by atomic mass is 16.5. The number of nitrogens with zero attached hydrogens (tertiary/aromatic N) is 6. The smallest absolute Gasteiger partial charge is 0.272 e. The minimum atomic E-state index is -0.439. The van der Waals surface area contributed by atoms with Gasteiger partial charge in [-0.2, -0.15) is 4.98 Å². The summed E-state index contributed by atoms with van der Waals surface area (Å²) in [4.78, 5) is 31.4. The minimum absolute atomic E-state index is 0.119. The molecule has 0 radical (unpaired) electrons. The van der Waals surface area contributed by atoms with E-state index in [1.165, 1.54) is 6.33 Å². The van der Waals surface area contributed by atoms with Crippen LogP contribution >= 0.6 is 0 Å². The first-order chi connectivity index (χ1) is 14.2. The third kappa shape index (κ3) is 4.00. The lowest BCUT2D eigenvalue weighted by atomic mass is 9.76. The number of amides is 1. The van der Waals surface area contributed by atoms with E-state index in [-0.39, 0.29) is 5.91 Å². The summed E-state index contributed by atoms with van der Waals surface area (Å²) < 4.78 is 10.9. The Kier molecular flexibility index (Phi) is 5.57. The monoisotopic (exact) mass is 394 g/mol. The maximum absolute atomic E-state index is 13.0. The third-order valence-corrected chi connectivity index (χ3v) is 5.28. The summed E-state index contributed by atoms with van der Waals surface area (Å²) in [5, 5.41) is 4.28. The van der Waals surface area contributed by atoms with Crippen molar-refractivity contribution in [1.29, 1.82) is 0 Å². The fourth-order valence-corrected chi connectivity index (χ4v) is 3.73. The molecular formula is C20H22N6O3. The van der Waals surface area contributed by atoms with Gasteiger partial charge >= 0.3 is 0 Å². The van der Waals surface area contributed by atoms with Crippen molar-refractivity contribution in [2.24, 2.45) is 0 Å². The van der Waals surface area contributed by atoms with Gasteiger partial charge in [-0.3, -0.25) is 9.78 Å². The zero-order valence-corrected chi connectivity index (χ0v) is 16.2. The number of ether oxygens (including phenoxy) is 1. The van der Waals surface area contributed by atoms with E-state index in [9.17, 15) is 4.79 Å². The number of hydrogen-bond donors (Lipinski definition) is 0. The average molecular weight is 394 g/mol.